The molecule has 0 aromatic heterocycles. The molecule has 0 fully saturated rings. The number of carbonyl (C=O) groups is 2. The van der Waals surface area contributed by atoms with Crippen LogP contribution in [0.5, 0.6) is 0 Å². The second-order valence-electron chi connectivity index (χ2n) is 10.3. The van der Waals surface area contributed by atoms with Crippen molar-refractivity contribution in [2.75, 3.05) is 13.2 Å². The summed E-state index contributed by atoms with van der Waals surface area (Å²) in [5.74, 6) is 0.790. The van der Waals surface area contributed by atoms with Crippen molar-refractivity contribution < 1.29 is 24.2 Å². The fourth-order valence-corrected chi connectivity index (χ4v) is 3.87. The Labute approximate surface area is 209 Å². The number of aliphatic hydroxyl groups is 1. The van der Waals surface area contributed by atoms with E-state index in [2.05, 4.69) is 6.92 Å². The highest BCUT2D eigenvalue weighted by atomic mass is 16.5. The molecule has 0 aliphatic rings. The Balaban J connectivity index is 4.84. The predicted molar refractivity (Wildman–Crippen MR) is 140 cm³/mol. The Morgan fingerprint density at radius 3 is 2.15 bits per heavy atom. The summed E-state index contributed by atoms with van der Waals surface area (Å²) in [7, 11) is 0. The number of nitrogens with two attached hydrogens (primary N) is 1. The van der Waals surface area contributed by atoms with E-state index in [9.17, 15) is 14.7 Å². The number of hydrogen-bond donors (Lipinski definition) is 2. The predicted octanol–water partition coefficient (Wildman–Crippen LogP) is 5.39. The first-order valence-electron chi connectivity index (χ1n) is 13.3. The molecule has 0 saturated heterocycles. The maximum Gasteiger partial charge on any atom is 0.155 e. The van der Waals surface area contributed by atoms with Crippen molar-refractivity contribution in [2.24, 2.45) is 17.6 Å². The average Bonchev–Trinajstić information content (AvgIpc) is 2.83. The van der Waals surface area contributed by atoms with Crippen LogP contribution in [0.3, 0.4) is 0 Å². The van der Waals surface area contributed by atoms with Gasteiger partial charge in [-0.25, -0.2) is 0 Å². The highest BCUT2D eigenvalue weighted by Gasteiger charge is 2.43. The van der Waals surface area contributed by atoms with Gasteiger partial charge in [0, 0.05) is 31.9 Å². The van der Waals surface area contributed by atoms with Crippen LogP contribution in [-0.4, -0.2) is 53.2 Å². The van der Waals surface area contributed by atoms with E-state index in [1.165, 1.54) is 6.08 Å². The summed E-state index contributed by atoms with van der Waals surface area (Å²) in [6.07, 6.45) is 8.21. The van der Waals surface area contributed by atoms with Crippen molar-refractivity contribution >= 4 is 11.6 Å². The molecule has 0 saturated carbocycles. The molecule has 34 heavy (non-hydrogen) atoms. The molecule has 0 rings (SSSR count). The van der Waals surface area contributed by atoms with E-state index >= 15 is 0 Å². The van der Waals surface area contributed by atoms with E-state index in [0.29, 0.717) is 57.0 Å². The third kappa shape index (κ3) is 11.6. The number of allylic oxidation sites excluding steroid dienone is 1. The zero-order valence-corrected chi connectivity index (χ0v) is 23.2. The van der Waals surface area contributed by atoms with Crippen molar-refractivity contribution in [1.29, 1.82) is 0 Å². The van der Waals surface area contributed by atoms with Crippen molar-refractivity contribution in [3.63, 3.8) is 0 Å². The maximum atomic E-state index is 12.4. The first-order valence-corrected chi connectivity index (χ1v) is 13.3. The van der Waals surface area contributed by atoms with Crippen LogP contribution in [0, 0.1) is 11.8 Å². The van der Waals surface area contributed by atoms with Crippen LogP contribution in [-0.2, 0) is 19.1 Å². The Bertz CT molecular complexity index is 622. The van der Waals surface area contributed by atoms with Gasteiger partial charge in [-0.1, -0.05) is 34.6 Å². The molecule has 0 bridgehead atoms. The number of carbonyl (C=O) groups excluding carboxylic acids is 2. The number of Topliss-reactive ketones (excluding diaryl/α,β-unsaturated/α-hetero) is 1. The van der Waals surface area contributed by atoms with Crippen LogP contribution in [0.1, 0.15) is 107 Å². The fraction of sp³-hybridized carbons (Fsp3) is 0.857. The highest BCUT2D eigenvalue weighted by Crippen LogP contribution is 2.34. The Kier molecular flexibility index (Phi) is 16.0. The standard InChI is InChI=1S/C28H53NO5/c1-9-22(5)26(31)15-12-21(4)17-19-33-27(8,10-2)28(32,11-3)18-16-25(30)14-13-23(6)34-24(7)20-29/h16,18,21-24,32H,9-15,17,19-20,29H2,1-8H3/b18-16+. The number of hydrogen-bond acceptors (Lipinski definition) is 6. The molecule has 0 spiro atoms. The van der Waals surface area contributed by atoms with Gasteiger partial charge in [0.25, 0.3) is 0 Å². The minimum atomic E-state index is -1.25. The van der Waals surface area contributed by atoms with Crippen molar-refractivity contribution in [2.45, 2.75) is 130 Å². The summed E-state index contributed by atoms with van der Waals surface area (Å²) < 4.78 is 11.9. The van der Waals surface area contributed by atoms with Gasteiger partial charge in [-0.15, -0.1) is 0 Å². The van der Waals surface area contributed by atoms with E-state index in [1.807, 2.05) is 48.5 Å². The van der Waals surface area contributed by atoms with E-state index in [4.69, 9.17) is 15.2 Å². The summed E-state index contributed by atoms with van der Waals surface area (Å²) in [5.41, 5.74) is 3.52. The Hall–Kier alpha value is -1.08. The summed E-state index contributed by atoms with van der Waals surface area (Å²) in [6.45, 7) is 16.8. The largest absolute Gasteiger partial charge is 0.383 e. The molecule has 0 aliphatic heterocycles. The second kappa shape index (κ2) is 16.6. The molecule has 0 aromatic rings. The van der Waals surface area contributed by atoms with Crippen LogP contribution in [0.15, 0.2) is 12.2 Å². The molecule has 0 aliphatic carbocycles. The van der Waals surface area contributed by atoms with Gasteiger partial charge in [-0.2, -0.15) is 0 Å². The first kappa shape index (κ1) is 32.9. The molecule has 6 atom stereocenters. The lowest BCUT2D eigenvalue weighted by Crippen LogP contribution is -2.52. The third-order valence-electron chi connectivity index (χ3n) is 7.35. The smallest absolute Gasteiger partial charge is 0.155 e. The van der Waals surface area contributed by atoms with Gasteiger partial charge in [0.1, 0.15) is 11.4 Å². The molecule has 3 N–H and O–H groups in total. The average molecular weight is 484 g/mol. The van der Waals surface area contributed by atoms with Crippen LogP contribution in [0.25, 0.3) is 0 Å². The molecule has 0 heterocycles. The van der Waals surface area contributed by atoms with Crippen molar-refractivity contribution in [3.8, 4) is 0 Å². The van der Waals surface area contributed by atoms with Crippen LogP contribution >= 0.6 is 0 Å². The normalized spacial score (nSPS) is 19.2. The summed E-state index contributed by atoms with van der Waals surface area (Å²) in [6, 6.07) is 0. The Morgan fingerprint density at radius 1 is 0.971 bits per heavy atom. The minimum absolute atomic E-state index is 0.0312. The van der Waals surface area contributed by atoms with Crippen LogP contribution < -0.4 is 5.73 Å². The lowest BCUT2D eigenvalue weighted by atomic mass is 9.79. The highest BCUT2D eigenvalue weighted by molar-refractivity contribution is 5.89. The molecule has 0 radical (unpaired) electrons. The van der Waals surface area contributed by atoms with E-state index in [0.717, 1.165) is 19.3 Å². The minimum Gasteiger partial charge on any atom is -0.383 e. The Morgan fingerprint density at radius 2 is 1.62 bits per heavy atom. The number of rotatable bonds is 20. The number of ether oxygens (including phenoxy) is 2. The quantitative estimate of drug-likeness (QED) is 0.225. The van der Waals surface area contributed by atoms with Crippen LogP contribution in [0.2, 0.25) is 0 Å². The second-order valence-corrected chi connectivity index (χ2v) is 10.3. The number of ketones is 2. The van der Waals surface area contributed by atoms with E-state index in [1.54, 1.807) is 6.08 Å². The molecule has 0 amide bonds. The van der Waals surface area contributed by atoms with E-state index < -0.39 is 11.2 Å². The lowest BCUT2D eigenvalue weighted by molar-refractivity contribution is -0.156. The van der Waals surface area contributed by atoms with Gasteiger partial charge in [0.2, 0.25) is 0 Å². The maximum absolute atomic E-state index is 12.4. The first-order chi connectivity index (χ1) is 15.9. The molecule has 0 aromatic carbocycles. The van der Waals surface area contributed by atoms with Gasteiger partial charge < -0.3 is 20.3 Å². The SMILES string of the molecule is CCC(C)C(=O)CCC(C)CCOC(C)(CC)C(O)(/C=C/C(=O)CCC(C)OC(C)CN)CC. The molecular weight excluding hydrogens is 430 g/mol. The molecule has 6 unspecified atom stereocenters. The monoisotopic (exact) mass is 483 g/mol. The van der Waals surface area contributed by atoms with Crippen molar-refractivity contribution in [1.82, 2.24) is 0 Å². The van der Waals surface area contributed by atoms with Gasteiger partial charge in [0.15, 0.2) is 5.78 Å². The fourth-order valence-electron chi connectivity index (χ4n) is 3.87. The zero-order chi connectivity index (χ0) is 26.4. The zero-order valence-electron chi connectivity index (χ0n) is 23.2. The topological polar surface area (TPSA) is 98.8 Å². The molecule has 6 nitrogen and oxygen atoms in total. The summed E-state index contributed by atoms with van der Waals surface area (Å²) in [4.78, 5) is 24.5. The lowest BCUT2D eigenvalue weighted by Gasteiger charge is -2.42. The molecule has 200 valence electrons. The van der Waals surface area contributed by atoms with Crippen LogP contribution in [0.4, 0.5) is 0 Å². The van der Waals surface area contributed by atoms with Gasteiger partial charge in [0.05, 0.1) is 17.8 Å². The van der Waals surface area contributed by atoms with Gasteiger partial charge in [-0.3, -0.25) is 9.59 Å². The summed E-state index contributed by atoms with van der Waals surface area (Å²) >= 11 is 0. The molecule has 6 heteroatoms. The van der Waals surface area contributed by atoms with Gasteiger partial charge >= 0.3 is 0 Å². The third-order valence-corrected chi connectivity index (χ3v) is 7.35. The van der Waals surface area contributed by atoms with Crippen molar-refractivity contribution in [3.05, 3.63) is 12.2 Å². The van der Waals surface area contributed by atoms with Gasteiger partial charge in [-0.05, 0) is 77.4 Å². The summed E-state index contributed by atoms with van der Waals surface area (Å²) in [5, 5.41) is 11.4. The van der Waals surface area contributed by atoms with E-state index in [-0.39, 0.29) is 23.9 Å². The molecular formula is C28H53NO5.